The van der Waals surface area contributed by atoms with Crippen molar-refractivity contribution in [1.82, 2.24) is 0 Å². The molecule has 0 spiro atoms. The van der Waals surface area contributed by atoms with Gasteiger partial charge >= 0.3 is 0 Å². The molecule has 0 saturated heterocycles. The van der Waals surface area contributed by atoms with E-state index >= 15 is 0 Å². The van der Waals surface area contributed by atoms with E-state index in [9.17, 15) is 0 Å². The van der Waals surface area contributed by atoms with Crippen LogP contribution >= 0.6 is 0 Å². The van der Waals surface area contributed by atoms with E-state index in [0.29, 0.717) is 12.1 Å². The third-order valence-electron chi connectivity index (χ3n) is 4.52. The summed E-state index contributed by atoms with van der Waals surface area (Å²) in [6.45, 7) is 15.0. The number of ether oxygens (including phenoxy) is 1. The van der Waals surface area contributed by atoms with Crippen LogP contribution in [0.4, 0.5) is 5.69 Å². The first-order chi connectivity index (χ1) is 9.90. The maximum atomic E-state index is 6.09. The smallest absolute Gasteiger partial charge is 0.143 e. The maximum Gasteiger partial charge on any atom is 0.143 e. The number of hydrogen-bond acceptors (Lipinski definition) is 2. The van der Waals surface area contributed by atoms with Crippen molar-refractivity contribution in [2.75, 3.05) is 4.90 Å². The van der Waals surface area contributed by atoms with Crippen molar-refractivity contribution < 1.29 is 4.74 Å². The summed E-state index contributed by atoms with van der Waals surface area (Å²) in [6.07, 6.45) is 3.75. The Hall–Kier alpha value is -1.44. The quantitative estimate of drug-likeness (QED) is 0.698. The van der Waals surface area contributed by atoms with Crippen LogP contribution in [0, 0.1) is 6.92 Å². The molecule has 1 heterocycles. The lowest BCUT2D eigenvalue weighted by atomic mass is 10.00. The van der Waals surface area contributed by atoms with Gasteiger partial charge in [-0.3, -0.25) is 0 Å². The zero-order chi connectivity index (χ0) is 15.6. The largest absolute Gasteiger partial charge is 0.486 e. The highest BCUT2D eigenvalue weighted by atomic mass is 16.5. The molecule has 2 nitrogen and oxygen atoms in total. The second kappa shape index (κ2) is 6.55. The lowest BCUT2D eigenvalue weighted by Crippen LogP contribution is -2.50. The Balaban J connectivity index is 2.19. The van der Waals surface area contributed by atoms with Crippen molar-refractivity contribution >= 4 is 5.69 Å². The molecule has 0 aliphatic carbocycles. The summed E-state index contributed by atoms with van der Waals surface area (Å²) in [6, 6.07) is 7.47. The van der Waals surface area contributed by atoms with E-state index in [0.717, 1.165) is 12.2 Å². The molecule has 3 atom stereocenters. The lowest BCUT2D eigenvalue weighted by molar-refractivity contribution is 0.169. The van der Waals surface area contributed by atoms with Gasteiger partial charge in [-0.05, 0) is 71.6 Å². The first kappa shape index (κ1) is 15.9. The Morgan fingerprint density at radius 1 is 1.38 bits per heavy atom. The Morgan fingerprint density at radius 2 is 2.10 bits per heavy atom. The van der Waals surface area contributed by atoms with Gasteiger partial charge in [0.25, 0.3) is 0 Å². The fourth-order valence-electron chi connectivity index (χ4n) is 3.15. The topological polar surface area (TPSA) is 12.5 Å². The molecule has 1 aliphatic rings. The SMILES string of the molecule is C=C(C)CCC[C@H](C)N1c2ccc(C)cc2O[C@@H](C)[C@H]1C. The molecule has 0 saturated carbocycles. The van der Waals surface area contributed by atoms with E-state index in [2.05, 4.69) is 64.3 Å². The zero-order valence-electron chi connectivity index (χ0n) is 14.1. The number of benzene rings is 1. The van der Waals surface area contributed by atoms with Crippen molar-refractivity contribution in [3.05, 3.63) is 35.9 Å². The summed E-state index contributed by atoms with van der Waals surface area (Å²) in [7, 11) is 0. The van der Waals surface area contributed by atoms with Crippen molar-refractivity contribution in [2.45, 2.75) is 72.1 Å². The summed E-state index contributed by atoms with van der Waals surface area (Å²) in [5.41, 5.74) is 3.78. The van der Waals surface area contributed by atoms with Crippen LogP contribution in [0.1, 0.15) is 52.5 Å². The summed E-state index contributed by atoms with van der Waals surface area (Å²) in [5, 5.41) is 0. The van der Waals surface area contributed by atoms with E-state index in [1.165, 1.54) is 29.7 Å². The number of aryl methyl sites for hydroxylation is 1. The molecule has 0 N–H and O–H groups in total. The highest BCUT2D eigenvalue weighted by molar-refractivity contribution is 5.62. The Kier molecular flexibility index (Phi) is 4.97. The summed E-state index contributed by atoms with van der Waals surface area (Å²) in [5.74, 6) is 1.03. The highest BCUT2D eigenvalue weighted by Crippen LogP contribution is 2.38. The van der Waals surface area contributed by atoms with Gasteiger partial charge in [-0.2, -0.15) is 0 Å². The molecule has 0 aromatic heterocycles. The number of allylic oxidation sites excluding steroid dienone is 1. The third-order valence-corrected chi connectivity index (χ3v) is 4.52. The van der Waals surface area contributed by atoms with Crippen LogP contribution in [0.3, 0.4) is 0 Å². The molecule has 21 heavy (non-hydrogen) atoms. The van der Waals surface area contributed by atoms with Crippen LogP contribution < -0.4 is 9.64 Å². The molecule has 0 amide bonds. The van der Waals surface area contributed by atoms with Crippen LogP contribution in [0.5, 0.6) is 5.75 Å². The highest BCUT2D eigenvalue weighted by Gasteiger charge is 2.32. The molecule has 0 bridgehead atoms. The average molecular weight is 287 g/mol. The van der Waals surface area contributed by atoms with Gasteiger partial charge < -0.3 is 9.64 Å². The number of rotatable bonds is 5. The average Bonchev–Trinajstić information content (AvgIpc) is 2.39. The molecule has 2 rings (SSSR count). The number of nitrogens with zero attached hydrogens (tertiary/aromatic N) is 1. The molecule has 0 unspecified atom stereocenters. The molecule has 116 valence electrons. The van der Waals surface area contributed by atoms with Gasteiger partial charge in [-0.15, -0.1) is 6.58 Å². The standard InChI is InChI=1S/C19H29NO/c1-13(2)8-7-9-15(4)20-16(5)17(6)21-19-12-14(3)10-11-18(19)20/h10-12,15-17H,1,7-9H2,2-6H3/t15-,16+,17-/m0/s1. The monoisotopic (exact) mass is 287 g/mol. The van der Waals surface area contributed by atoms with Gasteiger partial charge in [0.15, 0.2) is 0 Å². The predicted molar refractivity (Wildman–Crippen MR) is 91.3 cm³/mol. The van der Waals surface area contributed by atoms with E-state index in [-0.39, 0.29) is 6.10 Å². The minimum atomic E-state index is 0.225. The molecule has 1 aromatic carbocycles. The molecule has 2 heteroatoms. The van der Waals surface area contributed by atoms with Gasteiger partial charge in [0, 0.05) is 6.04 Å². The van der Waals surface area contributed by atoms with E-state index in [1.54, 1.807) is 0 Å². The summed E-state index contributed by atoms with van der Waals surface area (Å²) in [4.78, 5) is 2.54. The minimum Gasteiger partial charge on any atom is -0.486 e. The van der Waals surface area contributed by atoms with E-state index < -0.39 is 0 Å². The third kappa shape index (κ3) is 3.61. The van der Waals surface area contributed by atoms with Gasteiger partial charge in [0.2, 0.25) is 0 Å². The summed E-state index contributed by atoms with van der Waals surface area (Å²) < 4.78 is 6.09. The van der Waals surface area contributed by atoms with Crippen molar-refractivity contribution in [2.24, 2.45) is 0 Å². The van der Waals surface area contributed by atoms with E-state index in [4.69, 9.17) is 4.74 Å². The Bertz CT molecular complexity index is 508. The first-order valence-electron chi connectivity index (χ1n) is 8.10. The fourth-order valence-corrected chi connectivity index (χ4v) is 3.15. The molecule has 0 radical (unpaired) electrons. The van der Waals surface area contributed by atoms with Gasteiger partial charge in [0.1, 0.15) is 11.9 Å². The van der Waals surface area contributed by atoms with Crippen LogP contribution in [0.15, 0.2) is 30.4 Å². The molecule has 1 aliphatic heterocycles. The van der Waals surface area contributed by atoms with Gasteiger partial charge in [-0.25, -0.2) is 0 Å². The van der Waals surface area contributed by atoms with Gasteiger partial charge in [0.05, 0.1) is 11.7 Å². The lowest BCUT2D eigenvalue weighted by Gasteiger charge is -2.44. The fraction of sp³-hybridized carbons (Fsp3) is 0.579. The van der Waals surface area contributed by atoms with Crippen LogP contribution in [0.2, 0.25) is 0 Å². The maximum absolute atomic E-state index is 6.09. The first-order valence-corrected chi connectivity index (χ1v) is 8.10. The molecular weight excluding hydrogens is 258 g/mol. The Labute approximate surface area is 129 Å². The van der Waals surface area contributed by atoms with Crippen LogP contribution in [-0.2, 0) is 0 Å². The molecular formula is C19H29NO. The number of anilines is 1. The second-order valence-electron chi connectivity index (χ2n) is 6.64. The van der Waals surface area contributed by atoms with Crippen molar-refractivity contribution in [3.63, 3.8) is 0 Å². The number of fused-ring (bicyclic) bond motifs is 1. The predicted octanol–water partition coefficient (Wildman–Crippen LogP) is 5.11. The number of hydrogen-bond donors (Lipinski definition) is 0. The minimum absolute atomic E-state index is 0.225. The molecule has 0 fully saturated rings. The van der Waals surface area contributed by atoms with Crippen molar-refractivity contribution in [3.8, 4) is 5.75 Å². The van der Waals surface area contributed by atoms with Crippen LogP contribution in [0.25, 0.3) is 0 Å². The molecule has 1 aromatic rings. The van der Waals surface area contributed by atoms with E-state index in [1.807, 2.05) is 0 Å². The Morgan fingerprint density at radius 3 is 2.76 bits per heavy atom. The van der Waals surface area contributed by atoms with Crippen molar-refractivity contribution in [1.29, 1.82) is 0 Å². The second-order valence-corrected chi connectivity index (χ2v) is 6.64. The summed E-state index contributed by atoms with van der Waals surface area (Å²) >= 11 is 0. The normalized spacial score (nSPS) is 22.4. The van der Waals surface area contributed by atoms with Crippen LogP contribution in [-0.4, -0.2) is 18.2 Å². The van der Waals surface area contributed by atoms with Gasteiger partial charge in [-0.1, -0.05) is 11.6 Å². The zero-order valence-corrected chi connectivity index (χ0v) is 14.1.